The average Bonchev–Trinajstić information content (AvgIpc) is 3.63. The molecule has 11 nitrogen and oxygen atoms in total. The van der Waals surface area contributed by atoms with E-state index in [4.69, 9.17) is 32.9 Å². The number of nitrogens with one attached hydrogen (secondary N) is 3. The summed E-state index contributed by atoms with van der Waals surface area (Å²) in [5.41, 5.74) is 5.70. The molecule has 4 heterocycles. The van der Waals surface area contributed by atoms with Gasteiger partial charge in [0.15, 0.2) is 0 Å². The summed E-state index contributed by atoms with van der Waals surface area (Å²) in [4.78, 5) is 47.1. The molecule has 2 aromatic carbocycles. The van der Waals surface area contributed by atoms with Gasteiger partial charge in [0.1, 0.15) is 0 Å². The summed E-state index contributed by atoms with van der Waals surface area (Å²) in [6, 6.07) is 13.1. The number of aromatic nitrogens is 1. The SMILES string of the molecule is COc1nc(-c2cccc(-c3cccc(NC(=O)C4=CN(C)C(=O)N(C)C4)c3Cl)c2Cl)cc2c1C(N1CC3(CNC(=O)N3)C1)CC2. The zero-order chi connectivity index (χ0) is 32.3. The Morgan fingerprint density at radius 3 is 2.48 bits per heavy atom. The molecular formula is C33H33Cl2N7O4. The van der Waals surface area contributed by atoms with Crippen molar-refractivity contribution < 1.29 is 19.1 Å². The minimum Gasteiger partial charge on any atom is -0.481 e. The monoisotopic (exact) mass is 661 g/mol. The molecule has 1 aromatic heterocycles. The van der Waals surface area contributed by atoms with Crippen molar-refractivity contribution >= 4 is 46.9 Å². The molecule has 3 N–H and O–H groups in total. The van der Waals surface area contributed by atoms with Crippen molar-refractivity contribution in [2.75, 3.05) is 52.7 Å². The summed E-state index contributed by atoms with van der Waals surface area (Å²) in [5.74, 6) is 0.222. The maximum Gasteiger partial charge on any atom is 0.323 e. The first-order chi connectivity index (χ1) is 22.1. The second kappa shape index (κ2) is 11.5. The van der Waals surface area contributed by atoms with Gasteiger partial charge in [-0.25, -0.2) is 14.6 Å². The van der Waals surface area contributed by atoms with Crippen LogP contribution in [0.25, 0.3) is 22.4 Å². The van der Waals surface area contributed by atoms with Crippen LogP contribution in [0.5, 0.6) is 5.88 Å². The second-order valence-electron chi connectivity index (χ2n) is 12.3. The van der Waals surface area contributed by atoms with Crippen molar-refractivity contribution in [2.24, 2.45) is 0 Å². The number of anilines is 1. The molecule has 2 saturated heterocycles. The number of rotatable bonds is 6. The Hall–Kier alpha value is -4.32. The predicted molar refractivity (Wildman–Crippen MR) is 176 cm³/mol. The number of likely N-dealkylation sites (N-methyl/N-ethyl adjacent to an activating group) is 1. The van der Waals surface area contributed by atoms with E-state index in [1.165, 1.54) is 21.6 Å². The molecule has 3 aromatic rings. The van der Waals surface area contributed by atoms with E-state index in [-0.39, 0.29) is 36.1 Å². The van der Waals surface area contributed by atoms with Crippen molar-refractivity contribution in [1.29, 1.82) is 0 Å². The van der Waals surface area contributed by atoms with E-state index < -0.39 is 0 Å². The number of pyridine rings is 1. The molecule has 7 rings (SSSR count). The number of hydrogen-bond acceptors (Lipinski definition) is 6. The number of benzene rings is 2. The van der Waals surface area contributed by atoms with Gasteiger partial charge in [-0.05, 0) is 30.5 Å². The van der Waals surface area contributed by atoms with Gasteiger partial charge in [0.2, 0.25) is 5.88 Å². The van der Waals surface area contributed by atoms with Crippen LogP contribution in [0, 0.1) is 0 Å². The fourth-order valence-electron chi connectivity index (χ4n) is 6.99. The second-order valence-corrected chi connectivity index (χ2v) is 13.1. The lowest BCUT2D eigenvalue weighted by molar-refractivity contribution is -0.113. The molecule has 1 spiro atoms. The molecule has 5 amide bonds. The zero-order valence-corrected chi connectivity index (χ0v) is 27.1. The molecule has 3 aliphatic heterocycles. The average molecular weight is 663 g/mol. The van der Waals surface area contributed by atoms with Crippen molar-refractivity contribution in [3.05, 3.63) is 75.4 Å². The molecule has 1 atom stereocenters. The first kappa shape index (κ1) is 30.3. The molecule has 0 bridgehead atoms. The number of halogens is 2. The fraction of sp³-hybridized carbons (Fsp3) is 0.333. The zero-order valence-electron chi connectivity index (χ0n) is 25.6. The number of urea groups is 2. The Morgan fingerprint density at radius 1 is 1.07 bits per heavy atom. The first-order valence-electron chi connectivity index (χ1n) is 15.0. The quantitative estimate of drug-likeness (QED) is 0.346. The number of carbonyl (C=O) groups is 3. The number of ether oxygens (including phenoxy) is 1. The normalized spacial score (nSPS) is 20.2. The summed E-state index contributed by atoms with van der Waals surface area (Å²) < 4.78 is 5.84. The summed E-state index contributed by atoms with van der Waals surface area (Å²) in [6.07, 6.45) is 3.35. The van der Waals surface area contributed by atoms with Crippen LogP contribution in [0.1, 0.15) is 23.6 Å². The Kier molecular flexibility index (Phi) is 7.57. The van der Waals surface area contributed by atoms with Crippen molar-refractivity contribution in [3.63, 3.8) is 0 Å². The maximum absolute atomic E-state index is 13.1. The Morgan fingerprint density at radius 2 is 1.78 bits per heavy atom. The molecule has 0 radical (unpaired) electrons. The van der Waals surface area contributed by atoms with Gasteiger partial charge in [-0.15, -0.1) is 0 Å². The van der Waals surface area contributed by atoms with Crippen LogP contribution in [0.3, 0.4) is 0 Å². The Bertz CT molecular complexity index is 1820. The van der Waals surface area contributed by atoms with Crippen LogP contribution in [0.4, 0.5) is 15.3 Å². The molecule has 46 heavy (non-hydrogen) atoms. The highest BCUT2D eigenvalue weighted by atomic mass is 35.5. The topological polar surface area (TPSA) is 119 Å². The highest BCUT2D eigenvalue weighted by molar-refractivity contribution is 6.39. The predicted octanol–water partition coefficient (Wildman–Crippen LogP) is 4.91. The Balaban J connectivity index is 1.16. The Labute approximate surface area is 276 Å². The van der Waals surface area contributed by atoms with E-state index in [0.717, 1.165) is 37.1 Å². The van der Waals surface area contributed by atoms with Crippen LogP contribution in [0.15, 0.2) is 54.2 Å². The van der Waals surface area contributed by atoms with E-state index >= 15 is 0 Å². The standard InChI is InChI=1S/C33H33Cl2N7O4/c1-40-13-19(14-41(2)32(40)45)29(43)37-23-9-5-7-21(28(23)35)20-6-4-8-22(27(20)34)24-12-18-10-11-25(26(18)30(38-24)46-3)42-16-33(17-42)15-36-31(44)39-33/h4-9,12-13,25H,10-11,14-17H2,1-3H3,(H,37,43)(H2,36,39,44). The molecular weight excluding hydrogens is 629 g/mol. The van der Waals surface area contributed by atoms with Gasteiger partial charge in [0.25, 0.3) is 5.91 Å². The van der Waals surface area contributed by atoms with Crippen LogP contribution in [-0.4, -0.2) is 90.6 Å². The van der Waals surface area contributed by atoms with Gasteiger partial charge in [0.05, 0.1) is 46.2 Å². The number of likely N-dealkylation sites (tertiary alicyclic amines) is 1. The van der Waals surface area contributed by atoms with Crippen LogP contribution < -0.4 is 20.7 Å². The van der Waals surface area contributed by atoms with Gasteiger partial charge in [0, 0.05) is 68.2 Å². The molecule has 1 unspecified atom stereocenters. The number of amides is 5. The summed E-state index contributed by atoms with van der Waals surface area (Å²) in [7, 11) is 4.88. The van der Waals surface area contributed by atoms with Crippen molar-refractivity contribution in [3.8, 4) is 28.3 Å². The molecule has 13 heteroatoms. The number of methoxy groups -OCH3 is 1. The molecule has 238 valence electrons. The van der Waals surface area contributed by atoms with Gasteiger partial charge in [-0.3, -0.25) is 9.69 Å². The lowest BCUT2D eigenvalue weighted by Gasteiger charge is -2.50. The number of aryl methyl sites for hydroxylation is 1. The van der Waals surface area contributed by atoms with E-state index in [2.05, 4.69) is 26.9 Å². The third kappa shape index (κ3) is 5.12. The molecule has 2 fully saturated rings. The highest BCUT2D eigenvalue weighted by Crippen LogP contribution is 2.47. The number of carbonyl (C=O) groups excluding carboxylic acids is 3. The van der Waals surface area contributed by atoms with Gasteiger partial charge < -0.3 is 30.5 Å². The number of nitrogens with zero attached hydrogens (tertiary/aromatic N) is 4. The van der Waals surface area contributed by atoms with E-state index in [9.17, 15) is 14.4 Å². The summed E-state index contributed by atoms with van der Waals surface area (Å²) in [5, 5.41) is 9.65. The molecule has 4 aliphatic rings. The molecule has 1 aliphatic carbocycles. The van der Waals surface area contributed by atoms with E-state index in [1.807, 2.05) is 24.3 Å². The largest absolute Gasteiger partial charge is 0.481 e. The molecule has 0 saturated carbocycles. The van der Waals surface area contributed by atoms with Gasteiger partial charge in [-0.2, -0.15) is 0 Å². The number of fused-ring (bicyclic) bond motifs is 1. The minimum atomic E-state index is -0.351. The number of hydrogen-bond donors (Lipinski definition) is 3. The third-order valence-electron chi connectivity index (χ3n) is 9.23. The fourth-order valence-corrected chi connectivity index (χ4v) is 7.59. The smallest absolute Gasteiger partial charge is 0.323 e. The van der Waals surface area contributed by atoms with Crippen LogP contribution in [-0.2, 0) is 11.2 Å². The van der Waals surface area contributed by atoms with Crippen molar-refractivity contribution in [2.45, 2.75) is 24.4 Å². The van der Waals surface area contributed by atoms with Gasteiger partial charge >= 0.3 is 12.1 Å². The first-order valence-corrected chi connectivity index (χ1v) is 15.8. The highest BCUT2D eigenvalue weighted by Gasteiger charge is 2.51. The van der Waals surface area contributed by atoms with E-state index in [1.54, 1.807) is 33.3 Å². The maximum atomic E-state index is 13.1. The van der Waals surface area contributed by atoms with E-state index in [0.29, 0.717) is 50.6 Å². The lowest BCUT2D eigenvalue weighted by atomic mass is 9.88. The third-order valence-corrected chi connectivity index (χ3v) is 10.0. The van der Waals surface area contributed by atoms with Crippen molar-refractivity contribution in [1.82, 2.24) is 30.3 Å². The minimum absolute atomic E-state index is 0.107. The van der Waals surface area contributed by atoms with Crippen LogP contribution >= 0.6 is 23.2 Å². The van der Waals surface area contributed by atoms with Gasteiger partial charge in [-0.1, -0.05) is 53.5 Å². The summed E-state index contributed by atoms with van der Waals surface area (Å²) in [6.45, 7) is 2.38. The summed E-state index contributed by atoms with van der Waals surface area (Å²) >= 11 is 14.0. The van der Waals surface area contributed by atoms with Crippen LogP contribution in [0.2, 0.25) is 10.0 Å². The lowest BCUT2D eigenvalue weighted by Crippen LogP contribution is -2.69.